The molecule has 0 aromatic carbocycles. The summed E-state index contributed by atoms with van der Waals surface area (Å²) < 4.78 is 0. The number of Topliss-reactive ketones (excluding diaryl/α,β-unsaturated/α-hetero) is 2. The van der Waals surface area contributed by atoms with Crippen LogP contribution in [-0.4, -0.2) is 23.9 Å². The molecule has 0 spiro atoms. The van der Waals surface area contributed by atoms with E-state index in [0.29, 0.717) is 20.9 Å². The lowest BCUT2D eigenvalue weighted by Gasteiger charge is -2.05. The predicted molar refractivity (Wildman–Crippen MR) is 32.7 cm³/mol. The van der Waals surface area contributed by atoms with Gasteiger partial charge in [0.1, 0.15) is 11.6 Å². The second kappa shape index (κ2) is 2.36. The fourth-order valence-corrected chi connectivity index (χ4v) is 1.62. The molecule has 0 unspecified atom stereocenters. The van der Waals surface area contributed by atoms with Gasteiger partial charge in [-0.15, -0.1) is 8.58 Å². The Labute approximate surface area is 49.4 Å². The van der Waals surface area contributed by atoms with E-state index < -0.39 is 0 Å². The molecule has 1 heterocycles. The molecule has 0 saturated carbocycles. The third kappa shape index (κ3) is 1.38. The summed E-state index contributed by atoms with van der Waals surface area (Å²) in [5.41, 5.74) is 0. The van der Waals surface area contributed by atoms with Gasteiger partial charge in [-0.1, -0.05) is 0 Å². The van der Waals surface area contributed by atoms with Crippen molar-refractivity contribution < 1.29 is 9.59 Å². The van der Waals surface area contributed by atoms with Gasteiger partial charge in [0.2, 0.25) is 0 Å². The van der Waals surface area contributed by atoms with Crippen molar-refractivity contribution in [3.05, 3.63) is 0 Å². The Hall–Kier alpha value is -0.230. The Morgan fingerprint density at radius 3 is 1.88 bits per heavy atom. The van der Waals surface area contributed by atoms with Crippen LogP contribution in [0.15, 0.2) is 0 Å². The van der Waals surface area contributed by atoms with E-state index in [9.17, 15) is 9.59 Å². The molecular weight excluding hydrogens is 123 g/mol. The fourth-order valence-electron chi connectivity index (χ4n) is 0.686. The maximum Gasteiger partial charge on any atom is 0.144 e. The average molecular weight is 130 g/mol. The van der Waals surface area contributed by atoms with Crippen LogP contribution in [0.5, 0.6) is 0 Å². The minimum Gasteiger partial charge on any atom is -0.299 e. The first-order chi connectivity index (χ1) is 3.79. The Morgan fingerprint density at radius 1 is 1.12 bits per heavy atom. The molecule has 0 bridgehead atoms. The molecule has 0 aromatic heterocycles. The van der Waals surface area contributed by atoms with Gasteiger partial charge < -0.3 is 0 Å². The van der Waals surface area contributed by atoms with Gasteiger partial charge in [0.25, 0.3) is 0 Å². The smallest absolute Gasteiger partial charge is 0.144 e. The molecular formula is C5H7O2P. The maximum absolute atomic E-state index is 10.5. The van der Waals surface area contributed by atoms with Crippen LogP contribution in [0.2, 0.25) is 0 Å². The molecule has 0 aromatic rings. The summed E-state index contributed by atoms with van der Waals surface area (Å²) in [6.45, 7) is 0. The van der Waals surface area contributed by atoms with Crippen molar-refractivity contribution in [1.29, 1.82) is 0 Å². The summed E-state index contributed by atoms with van der Waals surface area (Å²) in [4.78, 5) is 20.9. The second-order valence-corrected chi connectivity index (χ2v) is 3.06. The molecule has 1 fully saturated rings. The monoisotopic (exact) mass is 130 g/mol. The molecule has 1 saturated heterocycles. The Morgan fingerprint density at radius 2 is 1.62 bits per heavy atom. The van der Waals surface area contributed by atoms with E-state index in [1.807, 2.05) is 0 Å². The molecule has 3 heteroatoms. The van der Waals surface area contributed by atoms with E-state index >= 15 is 0 Å². The molecule has 0 amide bonds. The van der Waals surface area contributed by atoms with E-state index in [4.69, 9.17) is 0 Å². The molecule has 8 heavy (non-hydrogen) atoms. The van der Waals surface area contributed by atoms with Gasteiger partial charge in [0.05, 0.1) is 6.42 Å². The number of rotatable bonds is 0. The van der Waals surface area contributed by atoms with Gasteiger partial charge in [-0.2, -0.15) is 0 Å². The highest BCUT2D eigenvalue weighted by atomic mass is 31.1. The third-order valence-corrected chi connectivity index (χ3v) is 2.33. The van der Waals surface area contributed by atoms with Crippen LogP contribution in [0.1, 0.15) is 6.42 Å². The average Bonchev–Trinajstić information content (AvgIpc) is 1.64. The maximum atomic E-state index is 10.5. The summed E-state index contributed by atoms with van der Waals surface area (Å²) in [6, 6.07) is 0. The Bertz CT molecular complexity index is 116. The highest BCUT2D eigenvalue weighted by molar-refractivity contribution is 7.41. The summed E-state index contributed by atoms with van der Waals surface area (Å²) in [5.74, 6) is 0.249. The van der Waals surface area contributed by atoms with Crippen LogP contribution < -0.4 is 0 Å². The number of ketones is 2. The highest BCUT2D eigenvalue weighted by Gasteiger charge is 2.14. The summed E-state index contributed by atoms with van der Waals surface area (Å²) >= 11 is 0. The first kappa shape index (κ1) is 5.90. The first-order valence-electron chi connectivity index (χ1n) is 2.53. The van der Waals surface area contributed by atoms with Gasteiger partial charge >= 0.3 is 0 Å². The molecule has 0 radical (unpaired) electrons. The zero-order valence-corrected chi connectivity index (χ0v) is 5.44. The largest absolute Gasteiger partial charge is 0.299 e. The van der Waals surface area contributed by atoms with Gasteiger partial charge in [-0.05, 0) is 0 Å². The third-order valence-electron chi connectivity index (χ3n) is 1.04. The van der Waals surface area contributed by atoms with Crippen molar-refractivity contribution in [3.8, 4) is 0 Å². The van der Waals surface area contributed by atoms with Crippen molar-refractivity contribution in [2.24, 2.45) is 0 Å². The zero-order valence-electron chi connectivity index (χ0n) is 4.44. The van der Waals surface area contributed by atoms with Crippen LogP contribution in [0.4, 0.5) is 0 Å². The topological polar surface area (TPSA) is 34.1 Å². The zero-order chi connectivity index (χ0) is 5.98. The number of carbonyl (C=O) groups excluding carboxylic acids is 2. The van der Waals surface area contributed by atoms with Crippen molar-refractivity contribution >= 4 is 20.1 Å². The second-order valence-electron chi connectivity index (χ2n) is 1.86. The summed E-state index contributed by atoms with van der Waals surface area (Å²) in [6.07, 6.45) is 1.49. The Kier molecular flexibility index (Phi) is 1.74. The molecule has 0 aliphatic carbocycles. The summed E-state index contributed by atoms with van der Waals surface area (Å²) in [7, 11) is 0.563. The lowest BCUT2D eigenvalue weighted by Crippen LogP contribution is -2.16. The van der Waals surface area contributed by atoms with Crippen LogP contribution >= 0.6 is 8.58 Å². The van der Waals surface area contributed by atoms with Gasteiger partial charge in [-0.25, -0.2) is 0 Å². The SMILES string of the molecule is O=C1CPCC(=O)C1. The van der Waals surface area contributed by atoms with E-state index in [1.165, 1.54) is 0 Å². The van der Waals surface area contributed by atoms with E-state index in [0.717, 1.165) is 0 Å². The normalized spacial score (nSPS) is 21.5. The van der Waals surface area contributed by atoms with Crippen LogP contribution in [0, 0.1) is 0 Å². The van der Waals surface area contributed by atoms with Crippen molar-refractivity contribution in [3.63, 3.8) is 0 Å². The molecule has 1 rings (SSSR count). The quantitative estimate of drug-likeness (QED) is 0.347. The van der Waals surface area contributed by atoms with Gasteiger partial charge in [-0.3, -0.25) is 9.59 Å². The Balaban J connectivity index is 2.45. The molecule has 44 valence electrons. The number of carbonyl (C=O) groups is 2. The standard InChI is InChI=1S/C5H7O2P/c6-4-1-5(7)3-8-2-4/h8H,1-3H2. The predicted octanol–water partition coefficient (Wildman–Crippen LogP) is 0.207. The highest BCUT2D eigenvalue weighted by Crippen LogP contribution is 2.16. The van der Waals surface area contributed by atoms with Crippen LogP contribution in [-0.2, 0) is 9.59 Å². The van der Waals surface area contributed by atoms with Crippen molar-refractivity contribution in [1.82, 2.24) is 0 Å². The molecule has 1 aliphatic heterocycles. The molecule has 0 atom stereocenters. The van der Waals surface area contributed by atoms with Gasteiger partial charge in [0.15, 0.2) is 0 Å². The fraction of sp³-hybridized carbons (Fsp3) is 0.600. The van der Waals surface area contributed by atoms with E-state index in [2.05, 4.69) is 0 Å². The molecule has 2 nitrogen and oxygen atoms in total. The minimum absolute atomic E-state index is 0.125. The lowest BCUT2D eigenvalue weighted by atomic mass is 10.2. The van der Waals surface area contributed by atoms with Crippen LogP contribution in [0.25, 0.3) is 0 Å². The van der Waals surface area contributed by atoms with Gasteiger partial charge in [0, 0.05) is 12.3 Å². The number of hydrogen-bond acceptors (Lipinski definition) is 2. The first-order valence-corrected chi connectivity index (χ1v) is 3.94. The van der Waals surface area contributed by atoms with E-state index in [-0.39, 0.29) is 18.0 Å². The number of hydrogen-bond donors (Lipinski definition) is 0. The van der Waals surface area contributed by atoms with Crippen molar-refractivity contribution in [2.45, 2.75) is 6.42 Å². The van der Waals surface area contributed by atoms with Crippen LogP contribution in [0.3, 0.4) is 0 Å². The molecule has 0 N–H and O–H groups in total. The van der Waals surface area contributed by atoms with Crippen molar-refractivity contribution in [2.75, 3.05) is 12.3 Å². The lowest BCUT2D eigenvalue weighted by molar-refractivity contribution is -0.124. The summed E-state index contributed by atoms with van der Waals surface area (Å²) in [5, 5.41) is 0. The minimum atomic E-state index is 0.125. The molecule has 1 aliphatic rings. The van der Waals surface area contributed by atoms with E-state index in [1.54, 1.807) is 0 Å².